The average Bonchev–Trinajstić information content (AvgIpc) is 2.53. The van der Waals surface area contributed by atoms with Crippen molar-refractivity contribution in [1.29, 1.82) is 0 Å². The second kappa shape index (κ2) is 8.27. The fourth-order valence-corrected chi connectivity index (χ4v) is 2.28. The maximum atomic E-state index is 10.7. The van der Waals surface area contributed by atoms with Crippen LogP contribution in [0.25, 0.3) is 0 Å². The van der Waals surface area contributed by atoms with Crippen LogP contribution in [-0.4, -0.2) is 27.0 Å². The molecular weight excluding hydrogens is 322 g/mol. The van der Waals surface area contributed by atoms with Crippen molar-refractivity contribution in [1.82, 2.24) is 9.97 Å². The Morgan fingerprint density at radius 2 is 1.96 bits per heavy atom. The Morgan fingerprint density at radius 1 is 1.28 bits per heavy atom. The molecule has 0 saturated carbocycles. The van der Waals surface area contributed by atoms with Crippen LogP contribution in [0.4, 0.5) is 17.5 Å². The number of nitrogens with two attached hydrogens (primary N) is 1. The summed E-state index contributed by atoms with van der Waals surface area (Å²) in [6.45, 7) is 5.99. The highest BCUT2D eigenvalue weighted by Crippen LogP contribution is 2.19. The predicted molar refractivity (Wildman–Crippen MR) is 96.7 cm³/mol. The molecule has 134 valence electrons. The molecule has 0 radical (unpaired) electrons. The van der Waals surface area contributed by atoms with Crippen LogP contribution < -0.4 is 15.8 Å². The lowest BCUT2D eigenvalue weighted by molar-refractivity contribution is -0.384. The average molecular weight is 345 g/mol. The number of benzene rings is 1. The van der Waals surface area contributed by atoms with Crippen molar-refractivity contribution < 1.29 is 9.66 Å². The number of aromatic nitrogens is 2. The summed E-state index contributed by atoms with van der Waals surface area (Å²) in [5.41, 5.74) is 6.48. The fraction of sp³-hybridized carbons (Fsp3) is 0.412. The minimum atomic E-state index is -0.602. The Kier molecular flexibility index (Phi) is 6.10. The van der Waals surface area contributed by atoms with Crippen LogP contribution in [0.3, 0.4) is 0 Å². The Bertz CT molecular complexity index is 719. The third-order valence-corrected chi connectivity index (χ3v) is 3.53. The monoisotopic (exact) mass is 345 g/mol. The van der Waals surface area contributed by atoms with E-state index >= 15 is 0 Å². The molecule has 0 fully saturated rings. The highest BCUT2D eigenvalue weighted by molar-refractivity contribution is 5.53. The minimum absolute atomic E-state index is 0.0902. The van der Waals surface area contributed by atoms with Gasteiger partial charge in [0.1, 0.15) is 11.9 Å². The molecule has 1 atom stereocenters. The molecule has 2 rings (SSSR count). The van der Waals surface area contributed by atoms with Gasteiger partial charge in [0.2, 0.25) is 11.8 Å². The lowest BCUT2D eigenvalue weighted by Crippen LogP contribution is -2.18. The van der Waals surface area contributed by atoms with Crippen molar-refractivity contribution in [3.8, 4) is 5.75 Å². The number of aryl methyl sites for hydroxylation is 1. The van der Waals surface area contributed by atoms with E-state index in [-0.39, 0.29) is 29.6 Å². The Hall–Kier alpha value is -2.90. The second-order valence-electron chi connectivity index (χ2n) is 6.12. The molecule has 1 aromatic heterocycles. The number of nitrogen functional groups attached to an aromatic ring is 1. The van der Waals surface area contributed by atoms with E-state index in [1.54, 1.807) is 0 Å². The van der Waals surface area contributed by atoms with E-state index in [1.807, 2.05) is 45.0 Å². The highest BCUT2D eigenvalue weighted by atomic mass is 16.6. The number of hydrogen-bond donors (Lipinski definition) is 2. The third kappa shape index (κ3) is 5.59. The highest BCUT2D eigenvalue weighted by Gasteiger charge is 2.15. The topological polar surface area (TPSA) is 116 Å². The van der Waals surface area contributed by atoms with Gasteiger partial charge in [0.25, 0.3) is 0 Å². The number of rotatable bonds is 8. The molecule has 0 spiro atoms. The molecule has 8 heteroatoms. The Labute approximate surface area is 146 Å². The van der Waals surface area contributed by atoms with E-state index in [0.29, 0.717) is 0 Å². The summed E-state index contributed by atoms with van der Waals surface area (Å²) in [6.07, 6.45) is 3.00. The van der Waals surface area contributed by atoms with E-state index in [1.165, 1.54) is 5.56 Å². The van der Waals surface area contributed by atoms with Gasteiger partial charge < -0.3 is 15.8 Å². The van der Waals surface area contributed by atoms with E-state index < -0.39 is 4.92 Å². The molecule has 2 aromatic rings. The molecule has 1 heterocycles. The normalized spacial score (nSPS) is 12.0. The molecule has 0 aliphatic rings. The first-order chi connectivity index (χ1) is 11.8. The minimum Gasteiger partial charge on any atom is -0.491 e. The lowest BCUT2D eigenvalue weighted by Gasteiger charge is -2.14. The first-order valence-electron chi connectivity index (χ1n) is 8.14. The zero-order valence-corrected chi connectivity index (χ0v) is 14.6. The van der Waals surface area contributed by atoms with Gasteiger partial charge in [-0.15, -0.1) is 0 Å². The summed E-state index contributed by atoms with van der Waals surface area (Å²) in [4.78, 5) is 18.0. The van der Waals surface area contributed by atoms with Crippen molar-refractivity contribution >= 4 is 17.5 Å². The summed E-state index contributed by atoms with van der Waals surface area (Å²) in [5.74, 6) is 1.01. The van der Waals surface area contributed by atoms with Gasteiger partial charge >= 0.3 is 5.69 Å². The van der Waals surface area contributed by atoms with Crippen molar-refractivity contribution in [2.24, 2.45) is 0 Å². The molecule has 0 amide bonds. The molecule has 0 aliphatic heterocycles. The molecule has 0 saturated heterocycles. The van der Waals surface area contributed by atoms with Gasteiger partial charge in [0, 0.05) is 6.04 Å². The van der Waals surface area contributed by atoms with E-state index in [0.717, 1.165) is 24.8 Å². The zero-order valence-electron chi connectivity index (χ0n) is 14.6. The maximum absolute atomic E-state index is 10.7. The molecule has 25 heavy (non-hydrogen) atoms. The van der Waals surface area contributed by atoms with Gasteiger partial charge in [-0.1, -0.05) is 12.1 Å². The van der Waals surface area contributed by atoms with Gasteiger partial charge in [-0.25, -0.2) is 4.98 Å². The fourth-order valence-electron chi connectivity index (χ4n) is 2.28. The predicted octanol–water partition coefficient (Wildman–Crippen LogP) is 3.19. The van der Waals surface area contributed by atoms with E-state index in [2.05, 4.69) is 15.3 Å². The van der Waals surface area contributed by atoms with Crippen LogP contribution in [0.5, 0.6) is 5.75 Å². The molecule has 0 bridgehead atoms. The second-order valence-corrected chi connectivity index (χ2v) is 6.12. The Morgan fingerprint density at radius 3 is 2.52 bits per heavy atom. The van der Waals surface area contributed by atoms with E-state index in [9.17, 15) is 10.1 Å². The summed E-state index contributed by atoms with van der Waals surface area (Å²) < 4.78 is 5.62. The van der Waals surface area contributed by atoms with Gasteiger partial charge in [0.05, 0.1) is 11.0 Å². The summed E-state index contributed by atoms with van der Waals surface area (Å²) in [5, 5.41) is 13.8. The molecule has 0 aliphatic carbocycles. The standard InChI is InChI=1S/C17H23N5O3/c1-11(2)25-14-8-6-13(7-9-14)5-4-12(3)20-17-19-10-15(22(23)24)16(18)21-17/h6-12H,4-5H2,1-3H3,(H3,18,19,20,21). The van der Waals surface area contributed by atoms with Crippen molar-refractivity contribution in [2.75, 3.05) is 11.1 Å². The van der Waals surface area contributed by atoms with Crippen LogP contribution in [0, 0.1) is 10.1 Å². The van der Waals surface area contributed by atoms with Gasteiger partial charge in [0.15, 0.2) is 0 Å². The summed E-state index contributed by atoms with van der Waals surface area (Å²) in [6, 6.07) is 8.11. The van der Waals surface area contributed by atoms with Gasteiger partial charge in [-0.2, -0.15) is 4.98 Å². The molecule has 1 unspecified atom stereocenters. The summed E-state index contributed by atoms with van der Waals surface area (Å²) in [7, 11) is 0. The van der Waals surface area contributed by atoms with Crippen molar-refractivity contribution in [2.45, 2.75) is 45.8 Å². The number of nitrogens with one attached hydrogen (secondary N) is 1. The number of hydrogen-bond acceptors (Lipinski definition) is 7. The molecule has 8 nitrogen and oxygen atoms in total. The first-order valence-corrected chi connectivity index (χ1v) is 8.14. The first kappa shape index (κ1) is 18.4. The summed E-state index contributed by atoms with van der Waals surface area (Å²) >= 11 is 0. The molecule has 1 aromatic carbocycles. The quantitative estimate of drug-likeness (QED) is 0.557. The van der Waals surface area contributed by atoms with Crippen molar-refractivity contribution in [3.63, 3.8) is 0 Å². The van der Waals surface area contributed by atoms with Crippen LogP contribution in [-0.2, 0) is 6.42 Å². The third-order valence-electron chi connectivity index (χ3n) is 3.53. The lowest BCUT2D eigenvalue weighted by atomic mass is 10.1. The maximum Gasteiger partial charge on any atom is 0.329 e. The van der Waals surface area contributed by atoms with E-state index in [4.69, 9.17) is 10.5 Å². The number of nitro groups is 1. The zero-order chi connectivity index (χ0) is 18.4. The van der Waals surface area contributed by atoms with Crippen molar-refractivity contribution in [3.05, 3.63) is 46.1 Å². The van der Waals surface area contributed by atoms with Crippen LogP contribution in [0.1, 0.15) is 32.8 Å². The largest absolute Gasteiger partial charge is 0.491 e. The molecule has 3 N–H and O–H groups in total. The number of ether oxygens (including phenoxy) is 1. The SMILES string of the molecule is CC(CCc1ccc(OC(C)C)cc1)Nc1ncc([N+](=O)[O-])c(N)n1. The van der Waals surface area contributed by atoms with Gasteiger partial charge in [-0.05, 0) is 51.3 Å². The number of anilines is 2. The van der Waals surface area contributed by atoms with Crippen LogP contribution in [0.2, 0.25) is 0 Å². The van der Waals surface area contributed by atoms with Crippen LogP contribution in [0.15, 0.2) is 30.5 Å². The Balaban J connectivity index is 1.87. The smallest absolute Gasteiger partial charge is 0.329 e. The number of nitrogens with zero attached hydrogens (tertiary/aromatic N) is 3. The van der Waals surface area contributed by atoms with Crippen LogP contribution >= 0.6 is 0 Å². The van der Waals surface area contributed by atoms with Gasteiger partial charge in [-0.3, -0.25) is 10.1 Å². The molecular formula is C17H23N5O3.